The summed E-state index contributed by atoms with van der Waals surface area (Å²) in [6, 6.07) is 9.83. The van der Waals surface area contributed by atoms with E-state index in [0.29, 0.717) is 11.3 Å². The summed E-state index contributed by atoms with van der Waals surface area (Å²) in [5.74, 6) is -2.70. The summed E-state index contributed by atoms with van der Waals surface area (Å²) in [6.07, 6.45) is -4.85. The Kier molecular flexibility index (Phi) is 9.14. The predicted molar refractivity (Wildman–Crippen MR) is 173 cm³/mol. The van der Waals surface area contributed by atoms with Crippen molar-refractivity contribution in [2.45, 2.75) is 70.6 Å². The highest BCUT2D eigenvalue weighted by atomic mass is 35.5. The van der Waals surface area contributed by atoms with Crippen LogP contribution < -0.4 is 5.73 Å². The summed E-state index contributed by atoms with van der Waals surface area (Å²) in [7, 11) is 0. The van der Waals surface area contributed by atoms with Gasteiger partial charge >= 0.3 is 12.1 Å². The van der Waals surface area contributed by atoms with E-state index in [1.165, 1.54) is 30.9 Å². The van der Waals surface area contributed by atoms with Crippen molar-refractivity contribution in [2.24, 2.45) is 21.6 Å². The van der Waals surface area contributed by atoms with E-state index in [1.54, 1.807) is 28.8 Å². The molecule has 2 atom stereocenters. The predicted octanol–water partition coefficient (Wildman–Crippen LogP) is 6.24. The standard InChI is InChI=1S/C33H33ClF5N9O3/c1-30(2,3)15-32(20-5-7-21(8-6-20)46-17-42-43-18-46)28(50)47(29(40)45-32)24(14-51-25(49)13-31(10-11-31)33(37,38)39)19-4-9-22(34)23(12-19)48-27(26(35)36)41-16-44-48/h4-9,12,16-18,24,26H,10-11,13-15H2,1-3H3,(H2,40,45)/t24-,32-/m1/s1. The molecule has 1 fully saturated rings. The van der Waals surface area contributed by atoms with Crippen molar-refractivity contribution in [3.63, 3.8) is 0 Å². The fourth-order valence-corrected chi connectivity index (χ4v) is 6.53. The van der Waals surface area contributed by atoms with Crippen molar-refractivity contribution in [3.8, 4) is 11.4 Å². The number of alkyl halides is 5. The van der Waals surface area contributed by atoms with E-state index in [-0.39, 0.29) is 41.5 Å². The molecule has 2 N–H and O–H groups in total. The summed E-state index contributed by atoms with van der Waals surface area (Å²) in [5.41, 5.74) is 3.64. The van der Waals surface area contributed by atoms with Crippen LogP contribution in [0.1, 0.15) is 75.9 Å². The zero-order valence-corrected chi connectivity index (χ0v) is 28.4. The number of hydrogen-bond donors (Lipinski definition) is 1. The van der Waals surface area contributed by atoms with Crippen LogP contribution in [0.2, 0.25) is 5.02 Å². The molecular formula is C33H33ClF5N9O3. The van der Waals surface area contributed by atoms with E-state index in [0.717, 1.165) is 15.9 Å². The van der Waals surface area contributed by atoms with Crippen LogP contribution in [0.4, 0.5) is 22.0 Å². The molecule has 2 aromatic carbocycles. The molecule has 2 aromatic heterocycles. The Morgan fingerprint density at radius 3 is 2.31 bits per heavy atom. The third-order valence-corrected chi connectivity index (χ3v) is 9.30. The largest absolute Gasteiger partial charge is 0.463 e. The first kappa shape index (κ1) is 35.9. The Morgan fingerprint density at radius 1 is 1.06 bits per heavy atom. The SMILES string of the molecule is CC(C)(C)C[C@]1(c2ccc(-n3cnnc3)cc2)N=C(N)N([C@H](COC(=O)CC2(C(F)(F)F)CC2)c2ccc(Cl)c(-n3ncnc3C(F)F)c2)C1=O. The molecular weight excluding hydrogens is 701 g/mol. The molecule has 1 aliphatic carbocycles. The average molecular weight is 734 g/mol. The lowest BCUT2D eigenvalue weighted by atomic mass is 9.75. The monoisotopic (exact) mass is 733 g/mol. The van der Waals surface area contributed by atoms with Crippen LogP contribution in [0.15, 0.2) is 66.4 Å². The molecule has 3 heterocycles. The second-order valence-corrected chi connectivity index (χ2v) is 14.3. The smallest absolute Gasteiger partial charge is 0.395 e. The summed E-state index contributed by atoms with van der Waals surface area (Å²) in [4.78, 5) is 37.2. The summed E-state index contributed by atoms with van der Waals surface area (Å²) in [6.45, 7) is 5.10. The first-order chi connectivity index (χ1) is 23.9. The van der Waals surface area contributed by atoms with Gasteiger partial charge in [-0.1, -0.05) is 50.6 Å². The molecule has 0 radical (unpaired) electrons. The molecule has 0 bridgehead atoms. The van der Waals surface area contributed by atoms with E-state index in [2.05, 4.69) is 20.3 Å². The van der Waals surface area contributed by atoms with Crippen LogP contribution in [-0.4, -0.2) is 65.0 Å². The van der Waals surface area contributed by atoms with Gasteiger partial charge in [0.2, 0.25) is 0 Å². The van der Waals surface area contributed by atoms with Gasteiger partial charge in [-0.2, -0.15) is 18.3 Å². The average Bonchev–Trinajstić information content (AvgIpc) is 3.38. The minimum Gasteiger partial charge on any atom is -0.463 e. The number of aliphatic imine (C=N–C) groups is 1. The highest BCUT2D eigenvalue weighted by Crippen LogP contribution is 2.60. The van der Waals surface area contributed by atoms with E-state index in [1.807, 2.05) is 20.8 Å². The number of halogens is 6. The Hall–Kier alpha value is -4.93. The lowest BCUT2D eigenvalue weighted by Crippen LogP contribution is -2.47. The summed E-state index contributed by atoms with van der Waals surface area (Å²) < 4.78 is 76.6. The molecule has 6 rings (SSSR count). The van der Waals surface area contributed by atoms with Gasteiger partial charge in [-0.3, -0.25) is 19.1 Å². The van der Waals surface area contributed by atoms with Gasteiger partial charge in [-0.05, 0) is 60.1 Å². The van der Waals surface area contributed by atoms with Gasteiger partial charge in [0.1, 0.15) is 25.6 Å². The van der Waals surface area contributed by atoms with Crippen molar-refractivity contribution < 1.29 is 36.3 Å². The highest BCUT2D eigenvalue weighted by molar-refractivity contribution is 6.32. The van der Waals surface area contributed by atoms with Gasteiger partial charge in [-0.25, -0.2) is 23.4 Å². The maximum Gasteiger partial charge on any atom is 0.395 e. The highest BCUT2D eigenvalue weighted by Gasteiger charge is 2.64. The zero-order chi connectivity index (χ0) is 36.9. The first-order valence-electron chi connectivity index (χ1n) is 15.8. The quantitative estimate of drug-likeness (QED) is 0.141. The van der Waals surface area contributed by atoms with Crippen molar-refractivity contribution >= 4 is 29.4 Å². The maximum absolute atomic E-state index is 14.8. The van der Waals surface area contributed by atoms with Crippen LogP contribution in [0, 0.1) is 10.8 Å². The van der Waals surface area contributed by atoms with Crippen LogP contribution in [-0.2, 0) is 19.9 Å². The van der Waals surface area contributed by atoms with Crippen molar-refractivity contribution in [3.05, 3.63) is 83.4 Å². The molecule has 51 heavy (non-hydrogen) atoms. The van der Waals surface area contributed by atoms with Crippen molar-refractivity contribution in [1.82, 2.24) is 34.4 Å². The molecule has 2 aliphatic rings. The zero-order valence-electron chi connectivity index (χ0n) is 27.6. The van der Waals surface area contributed by atoms with E-state index >= 15 is 0 Å². The lowest BCUT2D eigenvalue weighted by Gasteiger charge is -2.35. The van der Waals surface area contributed by atoms with E-state index < -0.39 is 65.7 Å². The fourth-order valence-electron chi connectivity index (χ4n) is 6.33. The van der Waals surface area contributed by atoms with Crippen LogP contribution >= 0.6 is 11.6 Å². The Labute approximate surface area is 293 Å². The number of esters is 1. The second kappa shape index (κ2) is 13.0. The molecule has 12 nitrogen and oxygen atoms in total. The minimum atomic E-state index is -4.60. The topological polar surface area (TPSA) is 146 Å². The molecule has 1 saturated carbocycles. The van der Waals surface area contributed by atoms with Gasteiger partial charge in [0.15, 0.2) is 17.3 Å². The first-order valence-corrected chi connectivity index (χ1v) is 16.2. The maximum atomic E-state index is 14.8. The number of aromatic nitrogens is 6. The number of carbonyl (C=O) groups is 2. The van der Waals surface area contributed by atoms with Crippen LogP contribution in [0.25, 0.3) is 11.4 Å². The number of ether oxygens (including phenoxy) is 1. The molecule has 1 aliphatic heterocycles. The molecule has 1 amide bonds. The van der Waals surface area contributed by atoms with E-state index in [4.69, 9.17) is 27.1 Å². The molecule has 0 saturated heterocycles. The number of nitrogens with zero attached hydrogens (tertiary/aromatic N) is 8. The number of nitrogens with two attached hydrogens (primary N) is 1. The summed E-state index contributed by atoms with van der Waals surface area (Å²) >= 11 is 6.42. The second-order valence-electron chi connectivity index (χ2n) is 13.9. The molecule has 0 unspecified atom stereocenters. The van der Waals surface area contributed by atoms with Gasteiger partial charge in [0, 0.05) is 5.69 Å². The molecule has 18 heteroatoms. The number of hydrogen-bond acceptors (Lipinski definition) is 9. The minimum absolute atomic E-state index is 0.00704. The molecule has 270 valence electrons. The number of guanidine groups is 1. The third kappa shape index (κ3) is 6.90. The fraction of sp³-hybridized carbons (Fsp3) is 0.424. The third-order valence-electron chi connectivity index (χ3n) is 8.98. The molecule has 4 aromatic rings. The molecule has 0 spiro atoms. The van der Waals surface area contributed by atoms with Gasteiger partial charge < -0.3 is 10.5 Å². The number of benzene rings is 2. The number of carbonyl (C=O) groups excluding carboxylic acids is 2. The lowest BCUT2D eigenvalue weighted by molar-refractivity contribution is -0.195. The van der Waals surface area contributed by atoms with Gasteiger partial charge in [-0.15, -0.1) is 10.2 Å². The van der Waals surface area contributed by atoms with Crippen LogP contribution in [0.3, 0.4) is 0 Å². The number of rotatable bonds is 11. The van der Waals surface area contributed by atoms with Crippen LogP contribution in [0.5, 0.6) is 0 Å². The van der Waals surface area contributed by atoms with E-state index in [9.17, 15) is 31.5 Å². The van der Waals surface area contributed by atoms with Gasteiger partial charge in [0.05, 0.1) is 28.6 Å². The van der Waals surface area contributed by atoms with Gasteiger partial charge in [0.25, 0.3) is 12.3 Å². The Morgan fingerprint density at radius 2 is 1.73 bits per heavy atom. The summed E-state index contributed by atoms with van der Waals surface area (Å²) in [5, 5.41) is 11.5. The Balaban J connectivity index is 1.41. The van der Waals surface area contributed by atoms with Crippen molar-refractivity contribution in [1.29, 1.82) is 0 Å². The number of amides is 1. The normalized spacial score (nSPS) is 19.4. The Bertz CT molecular complexity index is 1950. The van der Waals surface area contributed by atoms with Crippen molar-refractivity contribution in [2.75, 3.05) is 6.61 Å².